The second-order valence-corrected chi connectivity index (χ2v) is 7.05. The number of halogens is 1. The predicted octanol–water partition coefficient (Wildman–Crippen LogP) is 2.06. The van der Waals surface area contributed by atoms with E-state index < -0.39 is 5.82 Å². The van der Waals surface area contributed by atoms with Crippen molar-refractivity contribution >= 4 is 5.91 Å². The zero-order valence-corrected chi connectivity index (χ0v) is 14.9. The highest BCUT2D eigenvalue weighted by atomic mass is 19.1. The highest BCUT2D eigenvalue weighted by Crippen LogP contribution is 2.36. The number of nitrogens with zero attached hydrogens (tertiary/aromatic N) is 6. The Morgan fingerprint density at radius 2 is 2.00 bits per heavy atom. The van der Waals surface area contributed by atoms with Gasteiger partial charge in [-0.15, -0.1) is 5.10 Å². The van der Waals surface area contributed by atoms with E-state index in [-0.39, 0.29) is 17.5 Å². The molecule has 1 amide bonds. The maximum Gasteiger partial charge on any atom is 0.256 e. The molecule has 1 atom stereocenters. The molecule has 2 fully saturated rings. The fourth-order valence-corrected chi connectivity index (χ4v) is 3.55. The molecule has 26 heavy (non-hydrogen) atoms. The number of rotatable bonds is 4. The maximum atomic E-state index is 13.9. The van der Waals surface area contributed by atoms with Crippen LogP contribution in [0.3, 0.4) is 0 Å². The number of tetrazole rings is 1. The summed E-state index contributed by atoms with van der Waals surface area (Å²) < 4.78 is 15.9. The molecule has 0 bridgehead atoms. The van der Waals surface area contributed by atoms with E-state index in [2.05, 4.69) is 27.3 Å². The molecule has 2 aromatic rings. The van der Waals surface area contributed by atoms with Crippen molar-refractivity contribution in [2.24, 2.45) is 0 Å². The van der Waals surface area contributed by atoms with Gasteiger partial charge < -0.3 is 4.90 Å². The normalized spacial score (nSPS) is 20.0. The highest BCUT2D eigenvalue weighted by molar-refractivity contribution is 5.94. The van der Waals surface area contributed by atoms with E-state index in [4.69, 9.17) is 0 Å². The lowest BCUT2D eigenvalue weighted by Crippen LogP contribution is -2.36. The van der Waals surface area contributed by atoms with Crippen molar-refractivity contribution in [3.8, 4) is 0 Å². The van der Waals surface area contributed by atoms with Crippen molar-refractivity contribution in [1.82, 2.24) is 30.0 Å². The summed E-state index contributed by atoms with van der Waals surface area (Å²) in [6, 6.07) is 6.70. The van der Waals surface area contributed by atoms with Gasteiger partial charge in [0.15, 0.2) is 5.82 Å². The zero-order chi connectivity index (χ0) is 18.1. The monoisotopic (exact) mass is 358 g/mol. The van der Waals surface area contributed by atoms with Crippen LogP contribution >= 0.6 is 0 Å². The van der Waals surface area contributed by atoms with Crippen molar-refractivity contribution in [3.05, 3.63) is 41.5 Å². The number of aromatic nitrogens is 4. The Bertz CT molecular complexity index is 789. The van der Waals surface area contributed by atoms with E-state index in [0.717, 1.165) is 38.2 Å². The van der Waals surface area contributed by atoms with Crippen LogP contribution in [0, 0.1) is 5.82 Å². The molecule has 1 aromatic heterocycles. The van der Waals surface area contributed by atoms with Gasteiger partial charge in [-0.25, -0.2) is 9.07 Å². The summed E-state index contributed by atoms with van der Waals surface area (Å²) in [5.41, 5.74) is 0.145. The van der Waals surface area contributed by atoms with Crippen molar-refractivity contribution in [2.75, 3.05) is 26.2 Å². The molecule has 1 aliphatic carbocycles. The number of carbonyl (C=O) groups is 1. The Morgan fingerprint density at radius 3 is 2.77 bits per heavy atom. The summed E-state index contributed by atoms with van der Waals surface area (Å²) in [4.78, 5) is 16.7. The molecular weight excluding hydrogens is 335 g/mol. The molecule has 1 saturated carbocycles. The van der Waals surface area contributed by atoms with Crippen molar-refractivity contribution in [1.29, 1.82) is 0 Å². The van der Waals surface area contributed by atoms with Crippen molar-refractivity contribution in [3.63, 3.8) is 0 Å². The maximum absolute atomic E-state index is 13.9. The molecule has 138 valence electrons. The topological polar surface area (TPSA) is 67.2 Å². The summed E-state index contributed by atoms with van der Waals surface area (Å²) >= 11 is 0. The molecule has 1 saturated heterocycles. The average Bonchev–Trinajstić information content (AvgIpc) is 3.43. The summed E-state index contributed by atoms with van der Waals surface area (Å²) in [5, 5.41) is 12.2. The fourth-order valence-electron chi connectivity index (χ4n) is 3.55. The average molecular weight is 358 g/mol. The van der Waals surface area contributed by atoms with Crippen LogP contribution in [0.2, 0.25) is 0 Å². The van der Waals surface area contributed by atoms with Gasteiger partial charge in [-0.1, -0.05) is 12.1 Å². The first-order valence-electron chi connectivity index (χ1n) is 9.21. The molecule has 2 aliphatic rings. The van der Waals surface area contributed by atoms with Gasteiger partial charge in [-0.3, -0.25) is 9.69 Å². The third kappa shape index (κ3) is 3.33. The Morgan fingerprint density at radius 1 is 1.19 bits per heavy atom. The van der Waals surface area contributed by atoms with Crippen molar-refractivity contribution < 1.29 is 9.18 Å². The minimum absolute atomic E-state index is 0.0918. The van der Waals surface area contributed by atoms with Crippen LogP contribution in [0.1, 0.15) is 54.5 Å². The van der Waals surface area contributed by atoms with Crippen LogP contribution < -0.4 is 0 Å². The molecule has 0 N–H and O–H groups in total. The van der Waals surface area contributed by atoms with Gasteiger partial charge in [0.2, 0.25) is 0 Å². The third-order valence-electron chi connectivity index (χ3n) is 5.25. The van der Waals surface area contributed by atoms with E-state index >= 15 is 0 Å². The Kier molecular flexibility index (Phi) is 4.67. The van der Waals surface area contributed by atoms with E-state index in [1.54, 1.807) is 23.1 Å². The first kappa shape index (κ1) is 17.1. The smallest absolute Gasteiger partial charge is 0.256 e. The lowest BCUT2D eigenvalue weighted by Gasteiger charge is -2.27. The second-order valence-electron chi connectivity index (χ2n) is 7.05. The van der Waals surface area contributed by atoms with Gasteiger partial charge in [0, 0.05) is 26.2 Å². The Hall–Kier alpha value is -2.35. The molecule has 1 aliphatic heterocycles. The van der Waals surface area contributed by atoms with Crippen LogP contribution in [0.15, 0.2) is 24.3 Å². The van der Waals surface area contributed by atoms with Gasteiger partial charge in [0.1, 0.15) is 5.82 Å². The summed E-state index contributed by atoms with van der Waals surface area (Å²) in [6.07, 6.45) is 3.11. The standard InChI is InChI=1S/C18H23FN6O/c1-13(17-20-21-22-25(17)14-7-8-14)23-9-4-10-24(12-11-23)18(26)15-5-2-3-6-16(15)19/h2-3,5-6,13-14H,4,7-12H2,1H3. The second kappa shape index (κ2) is 7.11. The molecule has 1 aromatic carbocycles. The number of benzene rings is 1. The molecule has 4 rings (SSSR count). The van der Waals surface area contributed by atoms with Gasteiger partial charge in [0.05, 0.1) is 17.6 Å². The Balaban J connectivity index is 1.44. The van der Waals surface area contributed by atoms with Crippen LogP contribution in [0.5, 0.6) is 0 Å². The first-order valence-corrected chi connectivity index (χ1v) is 9.21. The van der Waals surface area contributed by atoms with E-state index in [1.165, 1.54) is 6.07 Å². The van der Waals surface area contributed by atoms with Crippen molar-refractivity contribution in [2.45, 2.75) is 38.3 Å². The largest absolute Gasteiger partial charge is 0.337 e. The van der Waals surface area contributed by atoms with Crippen LogP contribution in [-0.2, 0) is 0 Å². The third-order valence-corrected chi connectivity index (χ3v) is 5.25. The van der Waals surface area contributed by atoms with E-state index in [0.29, 0.717) is 19.1 Å². The summed E-state index contributed by atoms with van der Waals surface area (Å²) in [6.45, 7) is 4.89. The molecule has 0 radical (unpaired) electrons. The molecule has 2 heterocycles. The van der Waals surface area contributed by atoms with E-state index in [9.17, 15) is 9.18 Å². The Labute approximate surface area is 151 Å². The number of carbonyl (C=O) groups excluding carboxylic acids is 1. The fraction of sp³-hybridized carbons (Fsp3) is 0.556. The number of hydrogen-bond donors (Lipinski definition) is 0. The zero-order valence-electron chi connectivity index (χ0n) is 14.9. The number of hydrogen-bond acceptors (Lipinski definition) is 5. The van der Waals surface area contributed by atoms with Crippen LogP contribution in [-0.4, -0.2) is 62.1 Å². The lowest BCUT2D eigenvalue weighted by molar-refractivity contribution is 0.0753. The van der Waals surface area contributed by atoms with Gasteiger partial charge in [-0.2, -0.15) is 0 Å². The number of amides is 1. The summed E-state index contributed by atoms with van der Waals surface area (Å²) in [7, 11) is 0. The molecule has 0 spiro atoms. The van der Waals surface area contributed by atoms with E-state index in [1.807, 2.05) is 4.68 Å². The minimum Gasteiger partial charge on any atom is -0.337 e. The van der Waals surface area contributed by atoms with Crippen LogP contribution in [0.25, 0.3) is 0 Å². The van der Waals surface area contributed by atoms with Gasteiger partial charge >= 0.3 is 0 Å². The lowest BCUT2D eigenvalue weighted by atomic mass is 10.2. The van der Waals surface area contributed by atoms with Gasteiger partial charge in [-0.05, 0) is 48.7 Å². The highest BCUT2D eigenvalue weighted by Gasteiger charge is 2.32. The quantitative estimate of drug-likeness (QED) is 0.837. The van der Waals surface area contributed by atoms with Crippen LogP contribution in [0.4, 0.5) is 4.39 Å². The van der Waals surface area contributed by atoms with Gasteiger partial charge in [0.25, 0.3) is 5.91 Å². The molecule has 7 nitrogen and oxygen atoms in total. The molecule has 1 unspecified atom stereocenters. The molecule has 8 heteroatoms. The molecular formula is C18H23FN6O. The SMILES string of the molecule is CC(c1nnnn1C1CC1)N1CCCN(C(=O)c2ccccc2F)CC1. The first-order chi connectivity index (χ1) is 12.6. The minimum atomic E-state index is -0.462. The predicted molar refractivity (Wildman–Crippen MR) is 93.0 cm³/mol. The summed E-state index contributed by atoms with van der Waals surface area (Å²) in [5.74, 6) is 0.192.